The van der Waals surface area contributed by atoms with Gasteiger partial charge in [-0.2, -0.15) is 6.08 Å². The SMILES string of the molecule is CC(C)(C)c1cc2c([c-]c1-c1ccccc1)Cc1cc(-c3ccccc3)c(C(C)(C)C)cc1-2.CC(C)([C](=[Zr+2])C(C)(C)c1ccccc1)c1ccccc1.[C-]1=CC=CC1.[Cl-].[Cl-]. The van der Waals surface area contributed by atoms with Crippen molar-refractivity contribution in [2.24, 2.45) is 0 Å². The molecule has 0 aromatic heterocycles. The molecule has 0 atom stereocenters. The molecule has 0 saturated carbocycles. The van der Waals surface area contributed by atoms with Crippen LogP contribution in [0, 0.1) is 12.1 Å². The zero-order chi connectivity index (χ0) is 41.7. The normalized spacial score (nSPS) is 12.7. The third-order valence-electron chi connectivity index (χ3n) is 11.6. The summed E-state index contributed by atoms with van der Waals surface area (Å²) in [5.41, 5.74) is 16.5. The first kappa shape index (κ1) is 48.8. The van der Waals surface area contributed by atoms with Crippen molar-refractivity contribution in [2.45, 2.75) is 104 Å². The molecule has 0 amide bonds. The fraction of sp³-hybridized carbons (Fsp3) is 0.281. The smallest absolute Gasteiger partial charge is 0.109 e. The van der Waals surface area contributed by atoms with Gasteiger partial charge in [0.2, 0.25) is 0 Å². The maximum Gasteiger partial charge on any atom is -0.109 e. The average Bonchev–Trinajstić information content (AvgIpc) is 3.93. The number of hydrogen-bond donors (Lipinski definition) is 0. The van der Waals surface area contributed by atoms with E-state index in [0.717, 1.165) is 12.8 Å². The molecular weight excluding hydrogens is 847 g/mol. The molecule has 0 bridgehead atoms. The summed E-state index contributed by atoms with van der Waals surface area (Å²) in [4.78, 5) is 0. The fourth-order valence-corrected chi connectivity index (χ4v) is 8.93. The van der Waals surface area contributed by atoms with Crippen LogP contribution in [0.1, 0.15) is 109 Å². The third-order valence-corrected chi connectivity index (χ3v) is 14.7. The summed E-state index contributed by atoms with van der Waals surface area (Å²) in [6, 6.07) is 54.5. The van der Waals surface area contributed by atoms with Gasteiger partial charge in [0.25, 0.3) is 0 Å². The van der Waals surface area contributed by atoms with E-state index in [0.29, 0.717) is 0 Å². The fourth-order valence-electron chi connectivity index (χ4n) is 8.22. The molecule has 0 nitrogen and oxygen atoms in total. The van der Waals surface area contributed by atoms with Crippen molar-refractivity contribution in [3.8, 4) is 33.4 Å². The van der Waals surface area contributed by atoms with Crippen molar-refractivity contribution in [1.29, 1.82) is 0 Å². The van der Waals surface area contributed by atoms with Crippen LogP contribution < -0.4 is 24.8 Å². The van der Waals surface area contributed by atoms with E-state index in [2.05, 4.69) is 227 Å². The standard InChI is InChI=1S/C33H33.C19H22.C5H5.2ClH.Zr/c1-32(2,3)30-20-26-24(18-28(30)22-13-9-7-10-14-22)17-25-19-29(23-15-11-8-12-16-23)31(21-27(25)26)33(4,5)6;1-18(2,16-11-7-5-8-12-16)15-19(3,4)17-13-9-6-10-14-17;1-2-4-5-3-1;;;/h7-16,18,20-21H,17H2,1-6H3;5-14H,1-4H3;1-3H,4H2;2*1H;/q-1;;-1;;;+2/p-2. The Morgan fingerprint density at radius 2 is 0.967 bits per heavy atom. The minimum Gasteiger partial charge on any atom is -1.00 e. The Bertz CT molecular complexity index is 2220. The number of benzene rings is 6. The van der Waals surface area contributed by atoms with E-state index in [4.69, 9.17) is 0 Å². The van der Waals surface area contributed by atoms with E-state index < -0.39 is 0 Å². The maximum atomic E-state index is 3.88. The zero-order valence-electron chi connectivity index (χ0n) is 37.2. The van der Waals surface area contributed by atoms with Gasteiger partial charge in [0.1, 0.15) is 0 Å². The van der Waals surface area contributed by atoms with Crippen molar-refractivity contribution in [3.05, 3.63) is 203 Å². The Balaban J connectivity index is 0.000000250. The van der Waals surface area contributed by atoms with Crippen LogP contribution in [0.5, 0.6) is 0 Å². The van der Waals surface area contributed by atoms with Gasteiger partial charge in [-0.1, -0.05) is 131 Å². The molecule has 0 radical (unpaired) electrons. The zero-order valence-corrected chi connectivity index (χ0v) is 41.2. The number of rotatable bonds is 6. The first-order valence-electron chi connectivity index (χ1n) is 20.8. The molecule has 0 aliphatic heterocycles. The molecule has 0 saturated heterocycles. The summed E-state index contributed by atoms with van der Waals surface area (Å²) >= 11 is 1.51. The molecule has 0 unspecified atom stereocenters. The second-order valence-corrected chi connectivity index (χ2v) is 20.0. The summed E-state index contributed by atoms with van der Waals surface area (Å²) in [5.74, 6) is 0. The molecule has 2 aliphatic rings. The van der Waals surface area contributed by atoms with Crippen molar-refractivity contribution < 1.29 is 49.0 Å². The number of hydrogen-bond acceptors (Lipinski definition) is 0. The molecule has 6 aromatic rings. The maximum absolute atomic E-state index is 3.88. The second-order valence-electron chi connectivity index (χ2n) is 18.8. The minimum atomic E-state index is 0. The predicted molar refractivity (Wildman–Crippen MR) is 247 cm³/mol. The van der Waals surface area contributed by atoms with Crippen LogP contribution in [0.4, 0.5) is 0 Å². The summed E-state index contributed by atoms with van der Waals surface area (Å²) in [7, 11) is 0. The Hall–Kier alpha value is -3.87. The topological polar surface area (TPSA) is 0 Å². The van der Waals surface area contributed by atoms with Gasteiger partial charge < -0.3 is 24.8 Å². The predicted octanol–water partition coefficient (Wildman–Crippen LogP) is 8.96. The van der Waals surface area contributed by atoms with E-state index in [1.165, 1.54) is 91.0 Å². The van der Waals surface area contributed by atoms with Gasteiger partial charge in [0, 0.05) is 0 Å². The molecule has 0 spiro atoms. The molecule has 60 heavy (non-hydrogen) atoms. The van der Waals surface area contributed by atoms with Crippen LogP contribution >= 0.6 is 0 Å². The van der Waals surface area contributed by atoms with E-state index in [1.807, 2.05) is 12.2 Å². The number of fused-ring (bicyclic) bond motifs is 3. The van der Waals surface area contributed by atoms with Gasteiger partial charge in [-0.05, 0) is 39.5 Å². The molecular formula is C57H60Cl2Zr-2. The van der Waals surface area contributed by atoms with Gasteiger partial charge in [-0.25, -0.2) is 12.2 Å². The van der Waals surface area contributed by atoms with Crippen LogP contribution in [0.15, 0.2) is 158 Å². The molecule has 8 rings (SSSR count). The summed E-state index contributed by atoms with van der Waals surface area (Å²) in [6.45, 7) is 23.3. The molecule has 0 N–H and O–H groups in total. The van der Waals surface area contributed by atoms with Gasteiger partial charge in [0.05, 0.1) is 0 Å². The largest absolute Gasteiger partial charge is 1.00 e. The number of allylic oxidation sites excluding steroid dienone is 4. The molecule has 308 valence electrons. The van der Waals surface area contributed by atoms with Crippen LogP contribution in [0.25, 0.3) is 33.4 Å². The van der Waals surface area contributed by atoms with Crippen molar-refractivity contribution in [2.75, 3.05) is 0 Å². The summed E-state index contributed by atoms with van der Waals surface area (Å²) < 4.78 is 1.58. The van der Waals surface area contributed by atoms with Crippen molar-refractivity contribution >= 4 is 3.21 Å². The first-order valence-corrected chi connectivity index (χ1v) is 22.0. The quantitative estimate of drug-likeness (QED) is 0.146. The van der Waals surface area contributed by atoms with Crippen molar-refractivity contribution in [1.82, 2.24) is 0 Å². The molecule has 0 fully saturated rings. The van der Waals surface area contributed by atoms with Gasteiger partial charge >= 0.3 is 138 Å². The van der Waals surface area contributed by atoms with Crippen LogP contribution in [0.3, 0.4) is 0 Å². The van der Waals surface area contributed by atoms with Gasteiger partial charge in [0.15, 0.2) is 0 Å². The van der Waals surface area contributed by atoms with E-state index in [9.17, 15) is 0 Å². The van der Waals surface area contributed by atoms with E-state index in [-0.39, 0.29) is 46.5 Å². The van der Waals surface area contributed by atoms with Crippen LogP contribution in [0.2, 0.25) is 0 Å². The first-order chi connectivity index (χ1) is 27.5. The van der Waals surface area contributed by atoms with Crippen molar-refractivity contribution in [3.63, 3.8) is 0 Å². The van der Waals surface area contributed by atoms with Crippen LogP contribution in [-0.2, 0) is 52.3 Å². The van der Waals surface area contributed by atoms with Gasteiger partial charge in [-0.3, -0.25) is 6.08 Å². The molecule has 0 heterocycles. The Kier molecular flexibility index (Phi) is 16.5. The summed E-state index contributed by atoms with van der Waals surface area (Å²) in [5, 5.41) is 0. The minimum absolute atomic E-state index is 0. The average molecular weight is 907 g/mol. The van der Waals surface area contributed by atoms with Gasteiger partial charge in [-0.15, -0.1) is 35.2 Å². The second kappa shape index (κ2) is 20.3. The third kappa shape index (κ3) is 11.1. The monoisotopic (exact) mass is 904 g/mol. The van der Waals surface area contributed by atoms with Crippen LogP contribution in [-0.4, -0.2) is 3.21 Å². The van der Waals surface area contributed by atoms with E-state index >= 15 is 0 Å². The molecule has 3 heteroatoms. The Labute approximate surface area is 389 Å². The Morgan fingerprint density at radius 3 is 1.38 bits per heavy atom. The Morgan fingerprint density at radius 1 is 0.517 bits per heavy atom. The number of halogens is 2. The molecule has 6 aromatic carbocycles. The van der Waals surface area contributed by atoms with E-state index in [1.54, 1.807) is 3.21 Å². The summed E-state index contributed by atoms with van der Waals surface area (Å²) in [6.07, 6.45) is 10.9. The molecule has 2 aliphatic carbocycles.